The predicted octanol–water partition coefficient (Wildman–Crippen LogP) is 2.64. The third-order valence-corrected chi connectivity index (χ3v) is 2.19. The van der Waals surface area contributed by atoms with Crippen molar-refractivity contribution in [2.75, 3.05) is 5.32 Å². The van der Waals surface area contributed by atoms with Gasteiger partial charge in [-0.05, 0) is 25.1 Å². The Bertz CT molecular complexity index is 432. The number of carbonyl (C=O) groups excluding carboxylic acids is 1. The fourth-order valence-electron chi connectivity index (χ4n) is 1.11. The highest BCUT2D eigenvalue weighted by atomic mass is 35.5. The first kappa shape index (κ1) is 13.8. The molecule has 0 aliphatic rings. The quantitative estimate of drug-likeness (QED) is 0.865. The first-order valence-corrected chi connectivity index (χ1v) is 5.03. The molecule has 1 rings (SSSR count). The molecule has 0 aliphatic carbocycles. The Morgan fingerprint density at radius 1 is 1.47 bits per heavy atom. The third kappa shape index (κ3) is 3.61. The van der Waals surface area contributed by atoms with E-state index in [1.165, 1.54) is 13.0 Å². The van der Waals surface area contributed by atoms with E-state index in [-0.39, 0.29) is 10.7 Å². The van der Waals surface area contributed by atoms with Gasteiger partial charge < -0.3 is 11.1 Å². The molecule has 0 saturated heterocycles. The summed E-state index contributed by atoms with van der Waals surface area (Å²) in [5.41, 5.74) is 3.90. The lowest BCUT2D eigenvalue weighted by molar-refractivity contribution is -0.137. The van der Waals surface area contributed by atoms with Crippen LogP contribution >= 0.6 is 11.6 Å². The normalized spacial score (nSPS) is 13.3. The molecule has 0 radical (unpaired) electrons. The van der Waals surface area contributed by atoms with Gasteiger partial charge in [0, 0.05) is 5.02 Å². The minimum Gasteiger partial charge on any atom is -0.324 e. The van der Waals surface area contributed by atoms with Gasteiger partial charge in [-0.1, -0.05) is 11.6 Å². The van der Waals surface area contributed by atoms with Gasteiger partial charge in [0.05, 0.1) is 17.3 Å². The molecule has 1 atom stereocenters. The number of hydrogen-bond donors (Lipinski definition) is 2. The van der Waals surface area contributed by atoms with Crippen molar-refractivity contribution in [2.45, 2.75) is 19.1 Å². The van der Waals surface area contributed by atoms with Crippen LogP contribution in [-0.4, -0.2) is 11.9 Å². The Morgan fingerprint density at radius 2 is 2.06 bits per heavy atom. The molecule has 3 nitrogen and oxygen atoms in total. The van der Waals surface area contributed by atoms with Gasteiger partial charge in [-0.3, -0.25) is 4.79 Å². The Morgan fingerprint density at radius 3 is 2.53 bits per heavy atom. The van der Waals surface area contributed by atoms with E-state index in [1.54, 1.807) is 0 Å². The van der Waals surface area contributed by atoms with E-state index in [0.717, 1.165) is 12.1 Å². The van der Waals surface area contributed by atoms with E-state index in [4.69, 9.17) is 17.3 Å². The Labute approximate surface area is 101 Å². The summed E-state index contributed by atoms with van der Waals surface area (Å²) in [4.78, 5) is 11.2. The van der Waals surface area contributed by atoms with E-state index in [9.17, 15) is 18.0 Å². The molecule has 0 heterocycles. The predicted molar refractivity (Wildman–Crippen MR) is 58.7 cm³/mol. The molecule has 0 saturated carbocycles. The highest BCUT2D eigenvalue weighted by Crippen LogP contribution is 2.36. The van der Waals surface area contributed by atoms with Crippen molar-refractivity contribution < 1.29 is 18.0 Å². The SMILES string of the molecule is C[C@@H](N)C(=O)Nc1ccc(Cl)cc1C(F)(F)F. The van der Waals surface area contributed by atoms with Crippen molar-refractivity contribution in [1.82, 2.24) is 0 Å². The van der Waals surface area contributed by atoms with Crippen LogP contribution in [0, 0.1) is 0 Å². The summed E-state index contributed by atoms with van der Waals surface area (Å²) in [7, 11) is 0. The summed E-state index contributed by atoms with van der Waals surface area (Å²) in [6, 6.07) is 2.20. The van der Waals surface area contributed by atoms with Crippen molar-refractivity contribution in [2.24, 2.45) is 5.73 Å². The molecule has 17 heavy (non-hydrogen) atoms. The second-order valence-corrected chi connectivity index (χ2v) is 3.90. The molecule has 0 aromatic heterocycles. The molecular formula is C10H10ClF3N2O. The Balaban J connectivity index is 3.12. The fourth-order valence-corrected chi connectivity index (χ4v) is 1.28. The zero-order valence-electron chi connectivity index (χ0n) is 8.81. The molecule has 0 aliphatic heterocycles. The lowest BCUT2D eigenvalue weighted by atomic mass is 10.1. The summed E-state index contributed by atoms with van der Waals surface area (Å²) in [5, 5.41) is 2.04. The zero-order chi connectivity index (χ0) is 13.2. The van der Waals surface area contributed by atoms with Crippen LogP contribution in [0.15, 0.2) is 18.2 Å². The average Bonchev–Trinajstić information content (AvgIpc) is 2.18. The van der Waals surface area contributed by atoms with Crippen molar-refractivity contribution in [1.29, 1.82) is 0 Å². The van der Waals surface area contributed by atoms with Crippen LogP contribution in [0.5, 0.6) is 0 Å². The summed E-state index contributed by atoms with van der Waals surface area (Å²) < 4.78 is 37.9. The highest BCUT2D eigenvalue weighted by molar-refractivity contribution is 6.30. The van der Waals surface area contributed by atoms with Crippen molar-refractivity contribution in [3.05, 3.63) is 28.8 Å². The smallest absolute Gasteiger partial charge is 0.324 e. The lowest BCUT2D eigenvalue weighted by Crippen LogP contribution is -2.33. The summed E-state index contributed by atoms with van der Waals surface area (Å²) in [6.07, 6.45) is -4.59. The number of amides is 1. The molecule has 0 bridgehead atoms. The average molecular weight is 267 g/mol. The standard InChI is InChI=1S/C10H10ClF3N2O/c1-5(15)9(17)16-8-3-2-6(11)4-7(8)10(12,13)14/h2-5H,15H2,1H3,(H,16,17)/t5-/m1/s1. The fraction of sp³-hybridized carbons (Fsp3) is 0.300. The molecule has 1 amide bonds. The number of benzene rings is 1. The second kappa shape index (κ2) is 4.93. The van der Waals surface area contributed by atoms with Crippen LogP contribution in [0.25, 0.3) is 0 Å². The Hall–Kier alpha value is -1.27. The molecule has 7 heteroatoms. The number of alkyl halides is 3. The number of nitrogens with one attached hydrogen (secondary N) is 1. The largest absolute Gasteiger partial charge is 0.418 e. The summed E-state index contributed by atoms with van der Waals surface area (Å²) >= 11 is 5.48. The van der Waals surface area contributed by atoms with Gasteiger partial charge in [-0.15, -0.1) is 0 Å². The van der Waals surface area contributed by atoms with E-state index in [2.05, 4.69) is 5.32 Å². The van der Waals surface area contributed by atoms with Crippen molar-refractivity contribution in [3.8, 4) is 0 Å². The number of anilines is 1. The molecule has 1 aromatic rings. The van der Waals surface area contributed by atoms with Crippen LogP contribution < -0.4 is 11.1 Å². The minimum absolute atomic E-state index is 0.0591. The number of nitrogens with two attached hydrogens (primary N) is 1. The summed E-state index contributed by atoms with van der Waals surface area (Å²) in [6.45, 7) is 1.37. The van der Waals surface area contributed by atoms with E-state index in [1.807, 2.05) is 0 Å². The second-order valence-electron chi connectivity index (χ2n) is 3.47. The monoisotopic (exact) mass is 266 g/mol. The van der Waals surface area contributed by atoms with E-state index in [0.29, 0.717) is 0 Å². The van der Waals surface area contributed by atoms with Crippen LogP contribution in [0.1, 0.15) is 12.5 Å². The maximum Gasteiger partial charge on any atom is 0.418 e. The lowest BCUT2D eigenvalue weighted by Gasteiger charge is -2.15. The number of halogens is 4. The topological polar surface area (TPSA) is 55.1 Å². The van der Waals surface area contributed by atoms with Gasteiger partial charge in [-0.2, -0.15) is 13.2 Å². The number of carbonyl (C=O) groups is 1. The zero-order valence-corrected chi connectivity index (χ0v) is 9.56. The molecule has 3 N–H and O–H groups in total. The first-order valence-electron chi connectivity index (χ1n) is 4.65. The highest BCUT2D eigenvalue weighted by Gasteiger charge is 2.34. The summed E-state index contributed by atoms with van der Waals surface area (Å²) in [5.74, 6) is -0.696. The number of hydrogen-bond acceptors (Lipinski definition) is 2. The number of rotatable bonds is 2. The molecule has 1 aromatic carbocycles. The van der Waals surface area contributed by atoms with Gasteiger partial charge in [0.2, 0.25) is 5.91 Å². The van der Waals surface area contributed by atoms with Crippen LogP contribution in [0.3, 0.4) is 0 Å². The Kier molecular flexibility index (Phi) is 4.00. The molecule has 0 spiro atoms. The van der Waals surface area contributed by atoms with Crippen LogP contribution in [-0.2, 0) is 11.0 Å². The molecule has 94 valence electrons. The van der Waals surface area contributed by atoms with Gasteiger partial charge in [0.15, 0.2) is 0 Å². The van der Waals surface area contributed by atoms with Crippen LogP contribution in [0.4, 0.5) is 18.9 Å². The van der Waals surface area contributed by atoms with Crippen molar-refractivity contribution >= 4 is 23.2 Å². The maximum atomic E-state index is 12.6. The third-order valence-electron chi connectivity index (χ3n) is 1.96. The maximum absolute atomic E-state index is 12.6. The van der Waals surface area contributed by atoms with E-state index >= 15 is 0 Å². The molecule has 0 unspecified atom stereocenters. The van der Waals surface area contributed by atoms with E-state index < -0.39 is 23.7 Å². The van der Waals surface area contributed by atoms with Gasteiger partial charge in [0.25, 0.3) is 0 Å². The van der Waals surface area contributed by atoms with Crippen molar-refractivity contribution in [3.63, 3.8) is 0 Å². The first-order chi connectivity index (χ1) is 7.71. The molecule has 0 fully saturated rings. The minimum atomic E-state index is -4.59. The van der Waals surface area contributed by atoms with Gasteiger partial charge >= 0.3 is 6.18 Å². The van der Waals surface area contributed by atoms with Crippen LogP contribution in [0.2, 0.25) is 5.02 Å². The molecular weight excluding hydrogens is 257 g/mol. The van der Waals surface area contributed by atoms with Gasteiger partial charge in [0.1, 0.15) is 0 Å². The van der Waals surface area contributed by atoms with Gasteiger partial charge in [-0.25, -0.2) is 0 Å².